The summed E-state index contributed by atoms with van der Waals surface area (Å²) >= 11 is 3.36. The molecule has 3 aliphatic heterocycles. The van der Waals surface area contributed by atoms with E-state index in [9.17, 15) is 35.2 Å². The second-order valence-corrected chi connectivity index (χ2v) is 31.9. The van der Waals surface area contributed by atoms with Crippen LogP contribution in [0.2, 0.25) is 0 Å². The fraction of sp³-hybridized carbons (Fsp3) is 0.237. The van der Waals surface area contributed by atoms with Crippen molar-refractivity contribution in [3.05, 3.63) is 196 Å². The summed E-state index contributed by atoms with van der Waals surface area (Å²) in [5.41, 5.74) is 11.8. The molecule has 0 radical (unpaired) electrons. The molecule has 18 nitrogen and oxygen atoms in total. The molecule has 514 valence electrons. The number of ether oxygens (including phenoxy) is 2. The maximum absolute atomic E-state index is 13.8. The second-order valence-electron chi connectivity index (χ2n) is 27.0. The van der Waals surface area contributed by atoms with Gasteiger partial charge in [0.2, 0.25) is 20.0 Å². The first kappa shape index (κ1) is 68.8. The molecule has 7 heterocycles. The van der Waals surface area contributed by atoms with Gasteiger partial charge in [0.15, 0.2) is 0 Å². The van der Waals surface area contributed by atoms with Crippen molar-refractivity contribution < 1.29 is 62.8 Å². The highest BCUT2D eigenvalue weighted by Gasteiger charge is 2.52. The average Bonchev–Trinajstić information content (AvgIpc) is 1.53. The van der Waals surface area contributed by atoms with Crippen LogP contribution in [0.15, 0.2) is 171 Å². The van der Waals surface area contributed by atoms with Crippen LogP contribution in [0, 0.1) is 11.6 Å². The van der Waals surface area contributed by atoms with E-state index in [4.69, 9.17) is 27.6 Å². The van der Waals surface area contributed by atoms with Crippen molar-refractivity contribution in [3.8, 4) is 67.8 Å². The first-order chi connectivity index (χ1) is 47.1. The van der Waals surface area contributed by atoms with Crippen LogP contribution >= 0.6 is 15.9 Å². The Kier molecular flexibility index (Phi) is 17.1. The number of aromatic nitrogens is 2. The fourth-order valence-electron chi connectivity index (χ4n) is 13.2. The number of H-pyrrole nitrogens is 2. The first-order valence-corrected chi connectivity index (χ1v) is 36.5. The number of anilines is 2. The summed E-state index contributed by atoms with van der Waals surface area (Å²) in [4.78, 5) is 32.9. The molecule has 8 aromatic carbocycles. The fourth-order valence-corrected chi connectivity index (χ4v) is 14.9. The van der Waals surface area contributed by atoms with Gasteiger partial charge in [0.05, 0.1) is 57.6 Å². The highest BCUT2D eigenvalue weighted by molar-refractivity contribution is 9.10. The van der Waals surface area contributed by atoms with Crippen molar-refractivity contribution in [2.45, 2.75) is 77.8 Å². The van der Waals surface area contributed by atoms with Gasteiger partial charge in [0.1, 0.15) is 57.0 Å². The van der Waals surface area contributed by atoms with E-state index in [0.717, 1.165) is 72.5 Å². The van der Waals surface area contributed by atoms with E-state index in [1.54, 1.807) is 24.3 Å². The highest BCUT2D eigenvalue weighted by Crippen LogP contribution is 2.52. The van der Waals surface area contributed by atoms with Gasteiger partial charge in [-0.05, 0) is 179 Å². The molecule has 1 saturated heterocycles. The third-order valence-electron chi connectivity index (χ3n) is 19.1. The minimum atomic E-state index is -3.70. The minimum absolute atomic E-state index is 0.248. The molecule has 2 amide bonds. The average molecular weight is 1450 g/mol. The lowest BCUT2D eigenvalue weighted by Crippen LogP contribution is -2.41. The van der Waals surface area contributed by atoms with E-state index in [0.29, 0.717) is 65.8 Å². The first-order valence-electron chi connectivity index (χ1n) is 32.0. The summed E-state index contributed by atoms with van der Waals surface area (Å²) < 4.78 is 117. The van der Waals surface area contributed by atoms with Gasteiger partial charge in [-0.15, -0.1) is 0 Å². The van der Waals surface area contributed by atoms with Gasteiger partial charge >= 0.3 is 7.12 Å². The van der Waals surface area contributed by atoms with Crippen molar-refractivity contribution in [1.29, 1.82) is 0 Å². The third-order valence-corrected chi connectivity index (χ3v) is 22.1. The van der Waals surface area contributed by atoms with Gasteiger partial charge in [0, 0.05) is 116 Å². The monoisotopic (exact) mass is 1450 g/mol. The molecule has 24 heteroatoms. The van der Waals surface area contributed by atoms with Gasteiger partial charge < -0.3 is 48.2 Å². The van der Waals surface area contributed by atoms with Gasteiger partial charge in [-0.2, -0.15) is 0 Å². The number of furan rings is 2. The Hall–Kier alpha value is -9.72. The van der Waals surface area contributed by atoms with Crippen molar-refractivity contribution >= 4 is 115 Å². The van der Waals surface area contributed by atoms with Crippen molar-refractivity contribution in [1.82, 2.24) is 20.6 Å². The number of hydrogen-bond donors (Lipinski definition) is 4. The number of nitrogens with zero attached hydrogens (tertiary/aromatic N) is 2. The Morgan fingerprint density at radius 3 is 1.37 bits per heavy atom. The molecule has 3 aliphatic rings. The summed E-state index contributed by atoms with van der Waals surface area (Å²) in [6.45, 7) is 16.6. The Bertz CT molecular complexity index is 5550. The summed E-state index contributed by atoms with van der Waals surface area (Å²) in [5, 5.41) is 8.50. The smallest absolute Gasteiger partial charge is 0.482 e. The molecule has 4 aromatic heterocycles. The van der Waals surface area contributed by atoms with E-state index in [1.165, 1.54) is 92.0 Å². The molecular formula is C76H72BBrF2N6O12S2. The van der Waals surface area contributed by atoms with Crippen LogP contribution in [0.4, 0.5) is 20.2 Å². The number of fused-ring (bicyclic) bond motifs is 12. The summed E-state index contributed by atoms with van der Waals surface area (Å²) in [6.07, 6.45) is 2.22. The highest BCUT2D eigenvalue weighted by atomic mass is 79.9. The predicted octanol–water partition coefficient (Wildman–Crippen LogP) is 16.0. The molecule has 0 saturated carbocycles. The summed E-state index contributed by atoms with van der Waals surface area (Å²) in [5.74, 6) is 0.494. The molecule has 1 fully saturated rings. The molecule has 15 rings (SSSR count). The molecule has 100 heavy (non-hydrogen) atoms. The van der Waals surface area contributed by atoms with Crippen LogP contribution in [0.3, 0.4) is 0 Å². The predicted molar refractivity (Wildman–Crippen MR) is 394 cm³/mol. The number of halogens is 3. The SMILES string of the molecule is CC1(C)Oc2ccc(B3OC(C)(C)C(C)(C)O3)cc2-c2[nH]c3ccccc3c21.CNC(=O)c1c(-c2ccc(F)cc2)oc2cc(N(C)S(C)(=O)=O)c(-c3ccc4c(c3)-c3[nH]c5ccccc5c3C(C)(C)O4)cc12.CNC(=O)c1c(-c2ccc(F)cc2)oc2cc(N(C)S(C)(=O)=O)c(Br)cc12. The topological polar surface area (TPSA) is 228 Å². The number of nitrogens with one attached hydrogen (secondary N) is 4. The van der Waals surface area contributed by atoms with E-state index in [1.807, 2.05) is 62.4 Å². The zero-order valence-electron chi connectivity index (χ0n) is 57.3. The van der Waals surface area contributed by atoms with Gasteiger partial charge in [-0.25, -0.2) is 25.6 Å². The van der Waals surface area contributed by atoms with Crippen LogP contribution < -0.4 is 34.2 Å². The Labute approximate surface area is 586 Å². The molecule has 4 N–H and O–H groups in total. The molecule has 0 spiro atoms. The largest absolute Gasteiger partial charge is 0.494 e. The lowest BCUT2D eigenvalue weighted by molar-refractivity contribution is 0.00578. The van der Waals surface area contributed by atoms with E-state index < -0.39 is 55.9 Å². The van der Waals surface area contributed by atoms with E-state index >= 15 is 0 Å². The number of rotatable bonds is 10. The van der Waals surface area contributed by atoms with Gasteiger partial charge in [-0.3, -0.25) is 18.2 Å². The lowest BCUT2D eigenvalue weighted by atomic mass is 9.77. The van der Waals surface area contributed by atoms with Crippen LogP contribution in [0.25, 0.3) is 100 Å². The van der Waals surface area contributed by atoms with Crippen molar-refractivity contribution in [3.63, 3.8) is 0 Å². The Morgan fingerprint density at radius 2 is 0.910 bits per heavy atom. The Balaban J connectivity index is 0.000000142. The molecule has 0 bridgehead atoms. The molecular weight excluding hydrogens is 1380 g/mol. The number of benzene rings is 8. The standard InChI is InChI=1S/C35H30FN3O5S.C23H26BNO3.C18H16BrFN2O4S/c1-35(2)31-22-8-6-7-9-26(22)38-32(31)25-16-20(12-15-28(25)44-35)23-17-24-29(18-27(23)39(4)45(5,41)42)43-33(30(24)34(40)37-3)19-10-13-21(36)14-11-19;1-21(2)19-15-9-7-8-10-17(15)25-20(19)16-13-14(11-12-18(16)26-21)24-27-22(3,4)23(5,6)28-24;1-21-18(23)16-12-8-13(19)14(22(2)27(3,24)25)9-15(12)26-17(16)10-4-6-11(20)7-5-10/h6-18,38H,1-5H3,(H,37,40);7-13,25H,1-6H3;4-9H,1-3H3,(H,21,23). The van der Waals surface area contributed by atoms with Crippen LogP contribution in [0.5, 0.6) is 11.5 Å². The number of amides is 2. The number of carbonyl (C=O) groups excluding carboxylic acids is 2. The van der Waals surface area contributed by atoms with Crippen LogP contribution in [0.1, 0.15) is 87.2 Å². The third kappa shape index (κ3) is 12.2. The van der Waals surface area contributed by atoms with Crippen LogP contribution in [-0.4, -0.2) is 97.6 Å². The van der Waals surface area contributed by atoms with E-state index in [-0.39, 0.29) is 39.8 Å². The number of aromatic amines is 2. The minimum Gasteiger partial charge on any atom is -0.482 e. The molecule has 0 aliphatic carbocycles. The Morgan fingerprint density at radius 1 is 0.500 bits per heavy atom. The second kappa shape index (κ2) is 24.9. The summed E-state index contributed by atoms with van der Waals surface area (Å²) in [6, 6.07) is 46.2. The number of hydrogen-bond acceptors (Lipinski definition) is 12. The van der Waals surface area contributed by atoms with Gasteiger partial charge in [-0.1, -0.05) is 48.5 Å². The normalized spacial score (nSPS) is 15.3. The lowest BCUT2D eigenvalue weighted by Gasteiger charge is -2.33. The molecule has 0 atom stereocenters. The number of sulfonamides is 2. The van der Waals surface area contributed by atoms with Crippen molar-refractivity contribution in [2.24, 2.45) is 0 Å². The molecule has 12 aromatic rings. The maximum atomic E-state index is 13.8. The van der Waals surface area contributed by atoms with Crippen molar-refractivity contribution in [2.75, 3.05) is 49.3 Å². The van der Waals surface area contributed by atoms with Gasteiger partial charge in [0.25, 0.3) is 11.8 Å². The number of carbonyl (C=O) groups is 2. The quantitative estimate of drug-likeness (QED) is 0.0938. The number of para-hydroxylation sites is 2. The van der Waals surface area contributed by atoms with Crippen LogP contribution in [-0.2, 0) is 40.6 Å². The summed E-state index contributed by atoms with van der Waals surface area (Å²) in [7, 11) is -1.66. The zero-order valence-corrected chi connectivity index (χ0v) is 60.6. The van der Waals surface area contributed by atoms with E-state index in [2.05, 4.69) is 114 Å². The zero-order chi connectivity index (χ0) is 71.7. The molecule has 0 unspecified atom stereocenters. The maximum Gasteiger partial charge on any atom is 0.494 e.